The molecule has 1 aromatic carbocycles. The van der Waals surface area contributed by atoms with Gasteiger partial charge in [0.05, 0.1) is 10.2 Å². The average molecular weight is 317 g/mol. The number of aryl methyl sites for hydroxylation is 1. The number of hydrogen-bond donors (Lipinski definition) is 1. The molecule has 3 rings (SSSR count). The maximum atomic E-state index is 12.4. The Hall–Kier alpha value is -1.95. The summed E-state index contributed by atoms with van der Waals surface area (Å²) in [5, 5.41) is 14.5. The van der Waals surface area contributed by atoms with E-state index in [1.807, 2.05) is 25.1 Å². The van der Waals surface area contributed by atoms with E-state index in [-0.39, 0.29) is 5.91 Å². The molecule has 0 bridgehead atoms. The first-order valence-corrected chi connectivity index (χ1v) is 8.25. The van der Waals surface area contributed by atoms with Gasteiger partial charge in [-0.05, 0) is 37.5 Å². The van der Waals surface area contributed by atoms with Crippen LogP contribution in [-0.4, -0.2) is 16.9 Å². The molecule has 0 saturated heterocycles. The van der Waals surface area contributed by atoms with Crippen molar-refractivity contribution < 1.29 is 14.7 Å². The lowest BCUT2D eigenvalue weighted by atomic mass is 9.79. The molecule has 1 amide bonds. The molecule has 1 saturated carbocycles. The molecule has 0 radical (unpaired) electrons. The second kappa shape index (κ2) is 6.04. The standard InChI is InChI=1S/C16H18N2O3S/c1-9-6-7-12-13(8-9)22-16(17-12)18-14(19)10-4-2-3-5-11(10)15(20)21/h6-8,10-11H,2-5H2,1H3,(H,20,21)(H,17,18,19)/p-1/t10-,11+/m1/s1. The van der Waals surface area contributed by atoms with E-state index in [4.69, 9.17) is 0 Å². The van der Waals surface area contributed by atoms with Gasteiger partial charge in [0.2, 0.25) is 5.91 Å². The Labute approximate surface area is 132 Å². The number of thiazole rings is 1. The van der Waals surface area contributed by atoms with Gasteiger partial charge in [0.25, 0.3) is 0 Å². The molecular weight excluding hydrogens is 300 g/mol. The molecule has 1 aromatic heterocycles. The number of carbonyl (C=O) groups is 2. The second-order valence-electron chi connectivity index (χ2n) is 5.80. The summed E-state index contributed by atoms with van der Waals surface area (Å²) < 4.78 is 1.01. The number of aliphatic carboxylic acids is 1. The van der Waals surface area contributed by atoms with Crippen molar-refractivity contribution in [3.8, 4) is 0 Å². The van der Waals surface area contributed by atoms with Crippen molar-refractivity contribution >= 4 is 38.6 Å². The van der Waals surface area contributed by atoms with Crippen LogP contribution in [0.2, 0.25) is 0 Å². The number of fused-ring (bicyclic) bond motifs is 1. The number of rotatable bonds is 3. The van der Waals surface area contributed by atoms with E-state index >= 15 is 0 Å². The number of carbonyl (C=O) groups excluding carboxylic acids is 2. The maximum Gasteiger partial charge on any atom is 0.229 e. The summed E-state index contributed by atoms with van der Waals surface area (Å²) in [4.78, 5) is 28.0. The first kappa shape index (κ1) is 15.0. The third-order valence-corrected chi connectivity index (χ3v) is 5.11. The first-order valence-electron chi connectivity index (χ1n) is 7.43. The minimum absolute atomic E-state index is 0.260. The van der Waals surface area contributed by atoms with Gasteiger partial charge in [0.1, 0.15) is 0 Å². The number of carboxylic acids is 1. The van der Waals surface area contributed by atoms with Crippen molar-refractivity contribution in [3.05, 3.63) is 23.8 Å². The highest BCUT2D eigenvalue weighted by Gasteiger charge is 2.32. The van der Waals surface area contributed by atoms with Gasteiger partial charge in [-0.3, -0.25) is 4.79 Å². The highest BCUT2D eigenvalue weighted by Crippen LogP contribution is 2.32. The fourth-order valence-corrected chi connectivity index (χ4v) is 3.98. The van der Waals surface area contributed by atoms with Crippen LogP contribution in [0.15, 0.2) is 18.2 Å². The van der Waals surface area contributed by atoms with E-state index in [2.05, 4.69) is 10.3 Å². The third-order valence-electron chi connectivity index (χ3n) is 4.18. The lowest BCUT2D eigenvalue weighted by Crippen LogP contribution is -2.42. The van der Waals surface area contributed by atoms with Crippen LogP contribution in [0, 0.1) is 18.8 Å². The van der Waals surface area contributed by atoms with Crippen LogP contribution < -0.4 is 10.4 Å². The fraction of sp³-hybridized carbons (Fsp3) is 0.438. The van der Waals surface area contributed by atoms with E-state index in [1.54, 1.807) is 0 Å². The molecule has 1 N–H and O–H groups in total. The minimum atomic E-state index is -1.13. The van der Waals surface area contributed by atoms with Crippen LogP contribution in [0.1, 0.15) is 31.2 Å². The normalized spacial score (nSPS) is 21.7. The van der Waals surface area contributed by atoms with Crippen molar-refractivity contribution in [1.82, 2.24) is 4.98 Å². The Kier molecular flexibility index (Phi) is 4.11. The molecule has 5 nitrogen and oxygen atoms in total. The molecule has 1 aliphatic rings. The van der Waals surface area contributed by atoms with Gasteiger partial charge in [0, 0.05) is 17.8 Å². The lowest BCUT2D eigenvalue weighted by molar-refractivity contribution is -0.313. The Morgan fingerprint density at radius 2 is 2.00 bits per heavy atom. The Morgan fingerprint density at radius 1 is 1.27 bits per heavy atom. The largest absolute Gasteiger partial charge is 0.550 e. The Balaban J connectivity index is 1.78. The molecule has 0 unspecified atom stereocenters. The summed E-state index contributed by atoms with van der Waals surface area (Å²) in [5.41, 5.74) is 1.98. The molecule has 1 aliphatic carbocycles. The van der Waals surface area contributed by atoms with Crippen LogP contribution in [0.5, 0.6) is 0 Å². The van der Waals surface area contributed by atoms with Gasteiger partial charge < -0.3 is 15.2 Å². The van der Waals surface area contributed by atoms with E-state index in [1.165, 1.54) is 11.3 Å². The van der Waals surface area contributed by atoms with Gasteiger partial charge in [-0.1, -0.05) is 30.2 Å². The average Bonchev–Trinajstić information content (AvgIpc) is 2.88. The number of carboxylic acid groups (broad SMARTS) is 1. The second-order valence-corrected chi connectivity index (χ2v) is 6.83. The number of nitrogens with one attached hydrogen (secondary N) is 1. The number of benzene rings is 1. The van der Waals surface area contributed by atoms with Crippen LogP contribution >= 0.6 is 11.3 Å². The molecule has 2 aromatic rings. The summed E-state index contributed by atoms with van der Waals surface area (Å²) in [6.07, 6.45) is 2.82. The summed E-state index contributed by atoms with van der Waals surface area (Å²) >= 11 is 1.41. The van der Waals surface area contributed by atoms with Crippen molar-refractivity contribution in [3.63, 3.8) is 0 Å². The van der Waals surface area contributed by atoms with Crippen LogP contribution in [0.25, 0.3) is 10.2 Å². The number of nitrogens with zero attached hydrogens (tertiary/aromatic N) is 1. The summed E-state index contributed by atoms with van der Waals surface area (Å²) in [6.45, 7) is 2.00. The van der Waals surface area contributed by atoms with Crippen LogP contribution in [0.3, 0.4) is 0 Å². The van der Waals surface area contributed by atoms with Crippen LogP contribution in [0.4, 0.5) is 5.13 Å². The summed E-state index contributed by atoms with van der Waals surface area (Å²) in [5.74, 6) is -2.60. The molecule has 116 valence electrons. The van der Waals surface area contributed by atoms with E-state index in [9.17, 15) is 14.7 Å². The molecule has 6 heteroatoms. The highest BCUT2D eigenvalue weighted by atomic mass is 32.1. The fourth-order valence-electron chi connectivity index (χ4n) is 3.01. The summed E-state index contributed by atoms with van der Waals surface area (Å²) in [6, 6.07) is 5.91. The monoisotopic (exact) mass is 317 g/mol. The predicted octanol–water partition coefficient (Wildman–Crippen LogP) is 2.10. The van der Waals surface area contributed by atoms with E-state index in [0.717, 1.165) is 28.6 Å². The zero-order valence-corrected chi connectivity index (χ0v) is 13.1. The van der Waals surface area contributed by atoms with Gasteiger partial charge in [-0.2, -0.15) is 0 Å². The summed E-state index contributed by atoms with van der Waals surface area (Å²) in [7, 11) is 0. The van der Waals surface area contributed by atoms with Gasteiger partial charge in [-0.15, -0.1) is 0 Å². The molecule has 22 heavy (non-hydrogen) atoms. The number of hydrogen-bond acceptors (Lipinski definition) is 5. The van der Waals surface area contributed by atoms with Gasteiger partial charge >= 0.3 is 0 Å². The molecule has 0 aliphatic heterocycles. The number of amides is 1. The van der Waals surface area contributed by atoms with Crippen molar-refractivity contribution in [1.29, 1.82) is 0 Å². The number of aromatic nitrogens is 1. The SMILES string of the molecule is Cc1ccc2nc(NC(=O)[C@@H]3CCCC[C@@H]3C(=O)[O-])sc2c1. The zero-order chi connectivity index (χ0) is 15.7. The molecule has 2 atom stereocenters. The van der Waals surface area contributed by atoms with Gasteiger partial charge in [-0.25, -0.2) is 4.98 Å². The van der Waals surface area contributed by atoms with Crippen molar-refractivity contribution in [2.75, 3.05) is 5.32 Å². The molecule has 1 heterocycles. The Morgan fingerprint density at radius 3 is 2.73 bits per heavy atom. The molecular formula is C16H17N2O3S-. The quantitative estimate of drug-likeness (QED) is 0.940. The van der Waals surface area contributed by atoms with Crippen LogP contribution in [-0.2, 0) is 9.59 Å². The van der Waals surface area contributed by atoms with E-state index < -0.39 is 17.8 Å². The smallest absolute Gasteiger partial charge is 0.229 e. The van der Waals surface area contributed by atoms with Gasteiger partial charge in [0.15, 0.2) is 5.13 Å². The third kappa shape index (κ3) is 2.97. The predicted molar refractivity (Wildman–Crippen MR) is 83.4 cm³/mol. The van der Waals surface area contributed by atoms with Crippen molar-refractivity contribution in [2.45, 2.75) is 32.6 Å². The first-order chi connectivity index (χ1) is 10.5. The molecule has 1 fully saturated rings. The maximum absolute atomic E-state index is 12.4. The van der Waals surface area contributed by atoms with E-state index in [0.29, 0.717) is 18.0 Å². The zero-order valence-electron chi connectivity index (χ0n) is 12.3. The minimum Gasteiger partial charge on any atom is -0.550 e. The molecule has 0 spiro atoms. The number of anilines is 1. The highest BCUT2D eigenvalue weighted by molar-refractivity contribution is 7.22. The van der Waals surface area contributed by atoms with Crippen molar-refractivity contribution in [2.24, 2.45) is 11.8 Å². The lowest BCUT2D eigenvalue weighted by Gasteiger charge is -2.30. The Bertz CT molecular complexity index is 725. The topological polar surface area (TPSA) is 82.1 Å².